The van der Waals surface area contributed by atoms with Gasteiger partial charge >= 0.3 is 0 Å². The van der Waals surface area contributed by atoms with E-state index in [1.54, 1.807) is 7.05 Å². The average Bonchev–Trinajstić information content (AvgIpc) is 2.88. The molecule has 1 aliphatic heterocycles. The van der Waals surface area contributed by atoms with Gasteiger partial charge in [-0.3, -0.25) is 20.4 Å². The summed E-state index contributed by atoms with van der Waals surface area (Å²) in [6.07, 6.45) is 3.97. The van der Waals surface area contributed by atoms with Crippen molar-refractivity contribution in [2.75, 3.05) is 13.7 Å². The molecule has 0 aromatic heterocycles. The molecule has 0 bridgehead atoms. The maximum absolute atomic E-state index is 8.32. The lowest BCUT2D eigenvalue weighted by Crippen LogP contribution is -2.29. The Morgan fingerprint density at radius 1 is 1.21 bits per heavy atom. The molecule has 1 aliphatic carbocycles. The molecular formula is C15H14N4. The molecule has 0 fully saturated rings. The molecule has 1 N–H and O–H groups in total. The zero-order valence-corrected chi connectivity index (χ0v) is 10.9. The average molecular weight is 250 g/mol. The van der Waals surface area contributed by atoms with Crippen LogP contribution in [0.5, 0.6) is 0 Å². The summed E-state index contributed by atoms with van der Waals surface area (Å²) in [7, 11) is 1.72. The Kier molecular flexibility index (Phi) is 2.71. The van der Waals surface area contributed by atoms with E-state index in [0.29, 0.717) is 12.4 Å². The van der Waals surface area contributed by atoms with Crippen LogP contribution in [0.2, 0.25) is 0 Å². The van der Waals surface area contributed by atoms with E-state index >= 15 is 0 Å². The zero-order valence-electron chi connectivity index (χ0n) is 10.9. The first-order valence-electron chi connectivity index (χ1n) is 6.16. The van der Waals surface area contributed by atoms with Crippen LogP contribution in [0.4, 0.5) is 0 Å². The van der Waals surface area contributed by atoms with Crippen molar-refractivity contribution in [2.24, 2.45) is 15.0 Å². The smallest absolute Gasteiger partial charge is 0.130 e. The van der Waals surface area contributed by atoms with Gasteiger partial charge in [0.15, 0.2) is 0 Å². The fraction of sp³-hybridized carbons (Fsp3) is 0.200. The van der Waals surface area contributed by atoms with E-state index in [0.717, 1.165) is 33.1 Å². The van der Waals surface area contributed by atoms with E-state index in [-0.39, 0.29) is 0 Å². The van der Waals surface area contributed by atoms with Gasteiger partial charge in [-0.25, -0.2) is 0 Å². The van der Waals surface area contributed by atoms with Gasteiger partial charge in [0, 0.05) is 18.2 Å². The standard InChI is InChI=1S/C15H14N4/c1-9-6-7-10(13(16)14(9)17-2)11-4-3-5-12-15(11)19-8-18-12/h3-7,16H,8H2,1-2H3. The molecule has 0 saturated carbocycles. The van der Waals surface area contributed by atoms with Gasteiger partial charge in [0.25, 0.3) is 0 Å². The van der Waals surface area contributed by atoms with E-state index < -0.39 is 0 Å². The SMILES string of the molecule is CN=C1C(=N)C(c2cccc3c2=NCN=3)=CC=C1C. The lowest BCUT2D eigenvalue weighted by Gasteiger charge is -2.16. The molecule has 1 aromatic rings. The van der Waals surface area contributed by atoms with Crippen LogP contribution < -0.4 is 10.7 Å². The second-order valence-electron chi connectivity index (χ2n) is 4.51. The van der Waals surface area contributed by atoms with Crippen LogP contribution in [0, 0.1) is 5.41 Å². The van der Waals surface area contributed by atoms with Gasteiger partial charge in [0.1, 0.15) is 6.67 Å². The first-order chi connectivity index (χ1) is 9.22. The first-order valence-corrected chi connectivity index (χ1v) is 6.16. The number of nitrogens with one attached hydrogen (secondary N) is 1. The third-order valence-electron chi connectivity index (χ3n) is 3.38. The largest absolute Gasteiger partial charge is 0.298 e. The van der Waals surface area contributed by atoms with Gasteiger partial charge in [-0.15, -0.1) is 0 Å². The van der Waals surface area contributed by atoms with Gasteiger partial charge in [0.05, 0.1) is 22.1 Å². The number of fused-ring (bicyclic) bond motifs is 1. The molecule has 3 rings (SSSR count). The highest BCUT2D eigenvalue weighted by Gasteiger charge is 2.20. The number of hydrogen-bond acceptors (Lipinski definition) is 4. The zero-order chi connectivity index (χ0) is 13.4. The molecule has 0 spiro atoms. The summed E-state index contributed by atoms with van der Waals surface area (Å²) >= 11 is 0. The summed E-state index contributed by atoms with van der Waals surface area (Å²) in [5, 5.41) is 10.1. The van der Waals surface area contributed by atoms with Crippen LogP contribution >= 0.6 is 0 Å². The summed E-state index contributed by atoms with van der Waals surface area (Å²) in [4.78, 5) is 12.9. The minimum atomic E-state index is 0.456. The Morgan fingerprint density at radius 2 is 2.05 bits per heavy atom. The minimum absolute atomic E-state index is 0.456. The van der Waals surface area contributed by atoms with Crippen molar-refractivity contribution in [2.45, 2.75) is 6.92 Å². The van der Waals surface area contributed by atoms with Crippen LogP contribution in [-0.2, 0) is 0 Å². The maximum atomic E-state index is 8.32. The number of allylic oxidation sites excluding steroid dienone is 4. The molecule has 0 unspecified atom stereocenters. The maximum Gasteiger partial charge on any atom is 0.130 e. The number of rotatable bonds is 1. The van der Waals surface area contributed by atoms with Crippen molar-refractivity contribution in [3.8, 4) is 0 Å². The van der Waals surface area contributed by atoms with Crippen molar-refractivity contribution in [1.82, 2.24) is 0 Å². The topological polar surface area (TPSA) is 60.9 Å². The molecule has 1 aromatic carbocycles. The van der Waals surface area contributed by atoms with Crippen molar-refractivity contribution >= 4 is 17.0 Å². The first kappa shape index (κ1) is 11.7. The molecule has 94 valence electrons. The summed E-state index contributed by atoms with van der Waals surface area (Å²) < 4.78 is 0. The van der Waals surface area contributed by atoms with E-state index in [1.165, 1.54) is 0 Å². The quantitative estimate of drug-likeness (QED) is 0.731. The van der Waals surface area contributed by atoms with Crippen LogP contribution in [-0.4, -0.2) is 25.1 Å². The third-order valence-corrected chi connectivity index (χ3v) is 3.38. The van der Waals surface area contributed by atoms with Gasteiger partial charge in [0.2, 0.25) is 0 Å². The fourth-order valence-electron chi connectivity index (χ4n) is 2.43. The summed E-state index contributed by atoms with van der Waals surface area (Å²) in [6, 6.07) is 5.91. The molecule has 0 amide bonds. The van der Waals surface area contributed by atoms with Crippen molar-refractivity contribution in [1.29, 1.82) is 5.41 Å². The van der Waals surface area contributed by atoms with E-state index in [1.807, 2.05) is 37.3 Å². The van der Waals surface area contributed by atoms with Crippen molar-refractivity contribution in [3.05, 3.63) is 52.2 Å². The summed E-state index contributed by atoms with van der Waals surface area (Å²) in [6.45, 7) is 2.45. The Morgan fingerprint density at radius 3 is 2.84 bits per heavy atom. The highest BCUT2D eigenvalue weighted by molar-refractivity contribution is 6.61. The summed E-state index contributed by atoms with van der Waals surface area (Å²) in [5.74, 6) is 0. The van der Waals surface area contributed by atoms with Crippen LogP contribution in [0.15, 0.2) is 50.9 Å². The lowest BCUT2D eigenvalue weighted by molar-refractivity contribution is 1.06. The van der Waals surface area contributed by atoms with Gasteiger partial charge in [-0.05, 0) is 18.6 Å². The number of hydrogen-bond donors (Lipinski definition) is 1. The monoisotopic (exact) mass is 250 g/mol. The molecular weight excluding hydrogens is 236 g/mol. The predicted molar refractivity (Wildman–Crippen MR) is 76.4 cm³/mol. The highest BCUT2D eigenvalue weighted by atomic mass is 15.0. The second kappa shape index (κ2) is 4.39. The molecule has 4 heteroatoms. The Bertz CT molecular complexity index is 779. The normalized spacial score (nSPS) is 19.5. The fourth-order valence-corrected chi connectivity index (χ4v) is 2.43. The molecule has 19 heavy (non-hydrogen) atoms. The van der Waals surface area contributed by atoms with Crippen LogP contribution in [0.1, 0.15) is 12.5 Å². The van der Waals surface area contributed by atoms with Gasteiger partial charge in [-0.2, -0.15) is 0 Å². The Balaban J connectivity index is 2.23. The molecule has 2 aliphatic rings. The lowest BCUT2D eigenvalue weighted by atomic mass is 9.90. The third kappa shape index (κ3) is 1.76. The van der Waals surface area contributed by atoms with E-state index in [4.69, 9.17) is 5.41 Å². The molecule has 1 heterocycles. The predicted octanol–water partition coefficient (Wildman–Crippen LogP) is 1.33. The number of para-hydroxylation sites is 1. The number of aliphatic imine (C=N–C) groups is 1. The number of benzene rings is 1. The minimum Gasteiger partial charge on any atom is -0.298 e. The summed E-state index contributed by atoms with van der Waals surface area (Å²) in [5.41, 5.74) is 4.05. The van der Waals surface area contributed by atoms with Crippen LogP contribution in [0.3, 0.4) is 0 Å². The Hall–Kier alpha value is -2.36. The van der Waals surface area contributed by atoms with Crippen LogP contribution in [0.25, 0.3) is 5.57 Å². The van der Waals surface area contributed by atoms with Gasteiger partial charge < -0.3 is 0 Å². The van der Waals surface area contributed by atoms with Crippen molar-refractivity contribution < 1.29 is 0 Å². The second-order valence-corrected chi connectivity index (χ2v) is 4.51. The molecule has 0 saturated heterocycles. The highest BCUT2D eigenvalue weighted by Crippen LogP contribution is 2.20. The van der Waals surface area contributed by atoms with Crippen molar-refractivity contribution in [3.63, 3.8) is 0 Å². The molecule has 0 atom stereocenters. The van der Waals surface area contributed by atoms with E-state index in [2.05, 4.69) is 15.0 Å². The van der Waals surface area contributed by atoms with E-state index in [9.17, 15) is 0 Å². The molecule has 4 nitrogen and oxygen atoms in total. The Labute approximate surface area is 111 Å². The number of nitrogens with zero attached hydrogens (tertiary/aromatic N) is 3. The molecule has 0 radical (unpaired) electrons. The van der Waals surface area contributed by atoms with Gasteiger partial charge in [-0.1, -0.05) is 24.3 Å².